The van der Waals surface area contributed by atoms with Crippen LogP contribution in [0, 0.1) is 17.3 Å². The average Bonchev–Trinajstić information content (AvgIpc) is 2.74. The Hall–Kier alpha value is -1.90. The van der Waals surface area contributed by atoms with Crippen molar-refractivity contribution in [2.75, 3.05) is 7.11 Å². The second-order valence-electron chi connectivity index (χ2n) is 6.22. The minimum atomic E-state index is -0.942. The molecule has 3 heteroatoms. The van der Waals surface area contributed by atoms with Crippen LogP contribution in [-0.4, -0.2) is 18.7 Å². The van der Waals surface area contributed by atoms with Crippen molar-refractivity contribution < 1.29 is 14.3 Å². The fraction of sp³-hybridized carbons (Fsp3) is 0.444. The number of hydrogen-bond acceptors (Lipinski definition) is 3. The van der Waals surface area contributed by atoms with E-state index in [2.05, 4.69) is 13.0 Å². The lowest BCUT2D eigenvalue weighted by atomic mass is 9.58. The molecule has 3 rings (SSSR count). The normalized spacial score (nSPS) is 33.5. The minimum absolute atomic E-state index is 0.0265. The number of ketones is 2. The summed E-state index contributed by atoms with van der Waals surface area (Å²) in [7, 11) is 1.61. The summed E-state index contributed by atoms with van der Waals surface area (Å²) in [6, 6.07) is 5.52. The van der Waals surface area contributed by atoms with E-state index in [9.17, 15) is 9.59 Å². The van der Waals surface area contributed by atoms with E-state index in [1.165, 1.54) is 0 Å². The molecule has 1 aromatic carbocycles. The molecular weight excluding hydrogens is 264 g/mol. The molecule has 0 radical (unpaired) electrons. The smallest absolute Gasteiger partial charge is 0.177 e. The highest BCUT2D eigenvalue weighted by molar-refractivity contribution is 6.19. The zero-order valence-electron chi connectivity index (χ0n) is 12.8. The van der Waals surface area contributed by atoms with E-state index in [0.29, 0.717) is 5.56 Å². The summed E-state index contributed by atoms with van der Waals surface area (Å²) in [5, 5.41) is 0. The van der Waals surface area contributed by atoms with E-state index in [4.69, 9.17) is 4.74 Å². The Morgan fingerprint density at radius 2 is 1.95 bits per heavy atom. The number of methoxy groups -OCH3 is 1. The molecular formula is C18H20O3. The highest BCUT2D eigenvalue weighted by atomic mass is 16.5. The summed E-state index contributed by atoms with van der Waals surface area (Å²) in [4.78, 5) is 25.6. The third kappa shape index (κ3) is 1.60. The van der Waals surface area contributed by atoms with Crippen molar-refractivity contribution in [1.82, 2.24) is 0 Å². The maximum atomic E-state index is 13.1. The fourth-order valence-corrected chi connectivity index (χ4v) is 4.23. The minimum Gasteiger partial charge on any atom is -0.497 e. The maximum Gasteiger partial charge on any atom is 0.177 e. The second kappa shape index (κ2) is 4.55. The Bertz CT molecular complexity index is 658. The first kappa shape index (κ1) is 14.1. The van der Waals surface area contributed by atoms with Crippen molar-refractivity contribution in [2.24, 2.45) is 17.3 Å². The molecule has 4 atom stereocenters. The predicted molar refractivity (Wildman–Crippen MR) is 80.6 cm³/mol. The molecule has 0 heterocycles. The second-order valence-corrected chi connectivity index (χ2v) is 6.22. The number of Topliss-reactive ketones (excluding diaryl/α,β-unsaturated/α-hetero) is 2. The zero-order chi connectivity index (χ0) is 15.4. The molecule has 0 saturated heterocycles. The van der Waals surface area contributed by atoms with Crippen molar-refractivity contribution in [3.05, 3.63) is 41.5 Å². The van der Waals surface area contributed by atoms with Crippen molar-refractivity contribution in [3.63, 3.8) is 0 Å². The maximum absolute atomic E-state index is 13.1. The SMILES string of the molecule is COc1ccc2c(c1)[C@@H]1[C@H](C)C=C[C@H](C)[C@]1(C(C)=O)C2=O. The van der Waals surface area contributed by atoms with Crippen LogP contribution in [0.2, 0.25) is 0 Å². The molecule has 0 N–H and O–H groups in total. The molecule has 21 heavy (non-hydrogen) atoms. The summed E-state index contributed by atoms with van der Waals surface area (Å²) in [5.74, 6) is 0.658. The lowest BCUT2D eigenvalue weighted by molar-refractivity contribution is -0.127. The van der Waals surface area contributed by atoms with Crippen LogP contribution in [0.15, 0.2) is 30.4 Å². The Labute approximate surface area is 125 Å². The molecule has 0 fully saturated rings. The van der Waals surface area contributed by atoms with Gasteiger partial charge in [-0.1, -0.05) is 26.0 Å². The molecule has 2 aliphatic rings. The first-order valence-electron chi connectivity index (χ1n) is 7.36. The van der Waals surface area contributed by atoms with Crippen LogP contribution in [0.5, 0.6) is 5.75 Å². The standard InChI is InChI=1S/C18H20O3/c1-10-5-6-11(2)18(12(3)19)16(10)15-9-13(21-4)7-8-14(15)17(18)20/h5-11,16H,1-4H3/t10-,11+,16+,18-/m1/s1. The number of carbonyl (C=O) groups excluding carboxylic acids is 2. The van der Waals surface area contributed by atoms with Crippen LogP contribution in [-0.2, 0) is 4.79 Å². The van der Waals surface area contributed by atoms with Gasteiger partial charge in [-0.3, -0.25) is 9.59 Å². The summed E-state index contributed by atoms with van der Waals surface area (Å²) >= 11 is 0. The van der Waals surface area contributed by atoms with E-state index in [1.54, 1.807) is 26.2 Å². The molecule has 110 valence electrons. The van der Waals surface area contributed by atoms with Crippen LogP contribution < -0.4 is 4.74 Å². The van der Waals surface area contributed by atoms with Gasteiger partial charge in [0, 0.05) is 11.5 Å². The summed E-state index contributed by atoms with van der Waals surface area (Å²) in [5.41, 5.74) is 0.694. The van der Waals surface area contributed by atoms with Crippen molar-refractivity contribution >= 4 is 11.6 Å². The molecule has 0 unspecified atom stereocenters. The summed E-state index contributed by atoms with van der Waals surface area (Å²) in [6.45, 7) is 5.60. The van der Waals surface area contributed by atoms with Gasteiger partial charge in [-0.25, -0.2) is 0 Å². The molecule has 2 aliphatic carbocycles. The number of allylic oxidation sites excluding steroid dienone is 2. The van der Waals surface area contributed by atoms with E-state index in [1.807, 2.05) is 19.1 Å². The van der Waals surface area contributed by atoms with Gasteiger partial charge in [-0.05, 0) is 42.5 Å². The highest BCUT2D eigenvalue weighted by Gasteiger charge is 2.61. The number of hydrogen-bond donors (Lipinski definition) is 0. The van der Waals surface area contributed by atoms with Crippen molar-refractivity contribution in [3.8, 4) is 5.75 Å². The van der Waals surface area contributed by atoms with Gasteiger partial charge >= 0.3 is 0 Å². The topological polar surface area (TPSA) is 43.4 Å². The van der Waals surface area contributed by atoms with Crippen molar-refractivity contribution in [1.29, 1.82) is 0 Å². The van der Waals surface area contributed by atoms with Crippen LogP contribution >= 0.6 is 0 Å². The van der Waals surface area contributed by atoms with Gasteiger partial charge < -0.3 is 4.74 Å². The molecule has 0 saturated carbocycles. The van der Waals surface area contributed by atoms with Gasteiger partial charge in [0.15, 0.2) is 5.78 Å². The Morgan fingerprint density at radius 1 is 1.24 bits per heavy atom. The van der Waals surface area contributed by atoms with Crippen LogP contribution in [0.1, 0.15) is 42.6 Å². The number of fused-ring (bicyclic) bond motifs is 3. The molecule has 0 aromatic heterocycles. The zero-order valence-corrected chi connectivity index (χ0v) is 12.8. The van der Waals surface area contributed by atoms with Crippen molar-refractivity contribution in [2.45, 2.75) is 26.7 Å². The lowest BCUT2D eigenvalue weighted by Crippen LogP contribution is -2.47. The van der Waals surface area contributed by atoms with E-state index in [0.717, 1.165) is 11.3 Å². The van der Waals surface area contributed by atoms with E-state index in [-0.39, 0.29) is 29.3 Å². The van der Waals surface area contributed by atoms with Gasteiger partial charge in [-0.15, -0.1) is 0 Å². The largest absolute Gasteiger partial charge is 0.497 e. The van der Waals surface area contributed by atoms with Gasteiger partial charge in [0.25, 0.3) is 0 Å². The quantitative estimate of drug-likeness (QED) is 0.617. The third-order valence-electron chi connectivity index (χ3n) is 5.23. The third-order valence-corrected chi connectivity index (χ3v) is 5.23. The van der Waals surface area contributed by atoms with E-state index < -0.39 is 5.41 Å². The first-order chi connectivity index (χ1) is 9.94. The number of carbonyl (C=O) groups is 2. The monoisotopic (exact) mass is 284 g/mol. The summed E-state index contributed by atoms with van der Waals surface area (Å²) < 4.78 is 5.30. The average molecular weight is 284 g/mol. The van der Waals surface area contributed by atoms with Crippen LogP contribution in [0.25, 0.3) is 0 Å². The Balaban J connectivity index is 2.30. The van der Waals surface area contributed by atoms with Crippen LogP contribution in [0.3, 0.4) is 0 Å². The fourth-order valence-electron chi connectivity index (χ4n) is 4.23. The number of benzene rings is 1. The number of rotatable bonds is 2. The van der Waals surface area contributed by atoms with Crippen LogP contribution in [0.4, 0.5) is 0 Å². The predicted octanol–water partition coefficient (Wildman–Crippen LogP) is 3.39. The molecule has 0 bridgehead atoms. The highest BCUT2D eigenvalue weighted by Crippen LogP contribution is 2.58. The molecule has 0 aliphatic heterocycles. The van der Waals surface area contributed by atoms with E-state index >= 15 is 0 Å². The van der Waals surface area contributed by atoms with Gasteiger partial charge in [0.2, 0.25) is 0 Å². The van der Waals surface area contributed by atoms with Gasteiger partial charge in [0.1, 0.15) is 16.9 Å². The molecule has 3 nitrogen and oxygen atoms in total. The first-order valence-corrected chi connectivity index (χ1v) is 7.36. The molecule has 1 aromatic rings. The Morgan fingerprint density at radius 3 is 2.57 bits per heavy atom. The van der Waals surface area contributed by atoms with Gasteiger partial charge in [0.05, 0.1) is 7.11 Å². The molecule has 0 spiro atoms. The summed E-state index contributed by atoms with van der Waals surface area (Å²) in [6.07, 6.45) is 4.14. The lowest BCUT2D eigenvalue weighted by Gasteiger charge is -2.41. The number of ether oxygens (including phenoxy) is 1. The van der Waals surface area contributed by atoms with Gasteiger partial charge in [-0.2, -0.15) is 0 Å². The molecule has 0 amide bonds. The Kier molecular flexibility index (Phi) is 3.05.